The molecule has 0 aromatic heterocycles. The highest BCUT2D eigenvalue weighted by atomic mass is 35.5. The fourth-order valence-corrected chi connectivity index (χ4v) is 3.45. The topological polar surface area (TPSA) is 33.7 Å². The molecule has 3 aromatic carbocycles. The Bertz CT molecular complexity index is 997. The molecule has 156 valence electrons. The third-order valence-electron chi connectivity index (χ3n) is 4.56. The summed E-state index contributed by atoms with van der Waals surface area (Å²) < 4.78 is 25.2. The molecule has 0 heterocycles. The SMILES string of the molecule is COc1ccc(OC)c(NC(=S)N(Cc2ccccc2)Cc2c(F)cccc2Cl)c1. The summed E-state index contributed by atoms with van der Waals surface area (Å²) in [4.78, 5) is 1.86. The third-order valence-corrected chi connectivity index (χ3v) is 5.28. The third kappa shape index (κ3) is 5.40. The molecule has 3 aromatic rings. The van der Waals surface area contributed by atoms with Gasteiger partial charge in [-0.25, -0.2) is 4.39 Å². The van der Waals surface area contributed by atoms with Crippen LogP contribution in [0, 0.1) is 5.82 Å². The number of rotatable bonds is 7. The van der Waals surface area contributed by atoms with Gasteiger partial charge in [0.25, 0.3) is 0 Å². The predicted octanol–water partition coefficient (Wildman–Crippen LogP) is 5.90. The summed E-state index contributed by atoms with van der Waals surface area (Å²) in [6, 6.07) is 19.9. The first-order chi connectivity index (χ1) is 14.5. The van der Waals surface area contributed by atoms with Gasteiger partial charge in [-0.3, -0.25) is 0 Å². The van der Waals surface area contributed by atoms with Crippen LogP contribution in [0.1, 0.15) is 11.1 Å². The molecule has 30 heavy (non-hydrogen) atoms. The van der Waals surface area contributed by atoms with E-state index in [1.807, 2.05) is 35.2 Å². The lowest BCUT2D eigenvalue weighted by molar-refractivity contribution is 0.399. The van der Waals surface area contributed by atoms with Crippen LogP contribution in [0.2, 0.25) is 5.02 Å². The van der Waals surface area contributed by atoms with E-state index in [1.54, 1.807) is 44.6 Å². The van der Waals surface area contributed by atoms with E-state index in [9.17, 15) is 4.39 Å². The van der Waals surface area contributed by atoms with Gasteiger partial charge in [-0.05, 0) is 42.0 Å². The zero-order valence-corrected chi connectivity index (χ0v) is 18.3. The monoisotopic (exact) mass is 444 g/mol. The van der Waals surface area contributed by atoms with Crippen molar-refractivity contribution in [2.75, 3.05) is 19.5 Å². The van der Waals surface area contributed by atoms with E-state index in [4.69, 9.17) is 33.3 Å². The number of ether oxygens (including phenoxy) is 2. The standard InChI is InChI=1S/C23H22ClFN2O2S/c1-28-17-11-12-22(29-2)21(13-17)26-23(30)27(14-16-7-4-3-5-8-16)15-18-19(24)9-6-10-20(18)25/h3-13H,14-15H2,1-2H3,(H,26,30). The number of methoxy groups -OCH3 is 2. The van der Waals surface area contributed by atoms with Gasteiger partial charge >= 0.3 is 0 Å². The summed E-state index contributed by atoms with van der Waals surface area (Å²) in [5, 5.41) is 3.97. The van der Waals surface area contributed by atoms with Crippen molar-refractivity contribution in [3.8, 4) is 11.5 Å². The van der Waals surface area contributed by atoms with Crippen LogP contribution in [-0.4, -0.2) is 24.2 Å². The van der Waals surface area contributed by atoms with Gasteiger partial charge in [0.1, 0.15) is 17.3 Å². The van der Waals surface area contributed by atoms with Crippen molar-refractivity contribution in [2.24, 2.45) is 0 Å². The normalized spacial score (nSPS) is 10.4. The van der Waals surface area contributed by atoms with Crippen LogP contribution < -0.4 is 14.8 Å². The highest BCUT2D eigenvalue weighted by molar-refractivity contribution is 7.80. The zero-order chi connectivity index (χ0) is 21.5. The van der Waals surface area contributed by atoms with Crippen molar-refractivity contribution in [2.45, 2.75) is 13.1 Å². The van der Waals surface area contributed by atoms with Crippen LogP contribution in [-0.2, 0) is 13.1 Å². The average Bonchev–Trinajstić information content (AvgIpc) is 2.76. The van der Waals surface area contributed by atoms with E-state index in [0.717, 1.165) is 5.56 Å². The maximum atomic E-state index is 14.4. The summed E-state index contributed by atoms with van der Waals surface area (Å²) in [6.45, 7) is 0.683. The Morgan fingerprint density at radius 3 is 2.43 bits per heavy atom. The molecular formula is C23H22ClFN2O2S. The van der Waals surface area contributed by atoms with Crippen LogP contribution >= 0.6 is 23.8 Å². The molecule has 1 N–H and O–H groups in total. The van der Waals surface area contributed by atoms with Gasteiger partial charge < -0.3 is 19.7 Å². The number of nitrogens with one attached hydrogen (secondary N) is 1. The lowest BCUT2D eigenvalue weighted by atomic mass is 10.1. The van der Waals surface area contributed by atoms with Gasteiger partial charge in [0.15, 0.2) is 5.11 Å². The smallest absolute Gasteiger partial charge is 0.174 e. The number of thiocarbonyl (C=S) groups is 1. The van der Waals surface area contributed by atoms with Crippen LogP contribution in [0.3, 0.4) is 0 Å². The molecule has 0 spiro atoms. The van der Waals surface area contributed by atoms with Gasteiger partial charge in [0, 0.05) is 29.7 Å². The highest BCUT2D eigenvalue weighted by Gasteiger charge is 2.17. The van der Waals surface area contributed by atoms with Crippen molar-refractivity contribution in [1.29, 1.82) is 0 Å². The highest BCUT2D eigenvalue weighted by Crippen LogP contribution is 2.30. The zero-order valence-electron chi connectivity index (χ0n) is 16.7. The summed E-state index contributed by atoms with van der Waals surface area (Å²) in [7, 11) is 3.17. The molecule has 0 radical (unpaired) electrons. The lowest BCUT2D eigenvalue weighted by Crippen LogP contribution is -2.34. The minimum absolute atomic E-state index is 0.207. The number of hydrogen-bond acceptors (Lipinski definition) is 3. The maximum Gasteiger partial charge on any atom is 0.174 e. The number of nitrogens with zero attached hydrogens (tertiary/aromatic N) is 1. The quantitative estimate of drug-likeness (QED) is 0.459. The predicted molar refractivity (Wildman–Crippen MR) is 123 cm³/mol. The second-order valence-corrected chi connectivity index (χ2v) is 7.33. The largest absolute Gasteiger partial charge is 0.497 e. The fraction of sp³-hybridized carbons (Fsp3) is 0.174. The van der Waals surface area contributed by atoms with Crippen LogP contribution in [0.15, 0.2) is 66.7 Å². The van der Waals surface area contributed by atoms with Gasteiger partial charge in [0.05, 0.1) is 19.9 Å². The molecule has 0 amide bonds. The van der Waals surface area contributed by atoms with Crippen LogP contribution in [0.5, 0.6) is 11.5 Å². The van der Waals surface area contributed by atoms with E-state index in [2.05, 4.69) is 5.32 Å². The number of benzene rings is 3. The minimum atomic E-state index is -0.373. The Hall–Kier alpha value is -2.83. The van der Waals surface area contributed by atoms with E-state index < -0.39 is 0 Å². The van der Waals surface area contributed by atoms with Gasteiger partial charge in [-0.1, -0.05) is 48.0 Å². The van der Waals surface area contributed by atoms with Gasteiger partial charge in [-0.15, -0.1) is 0 Å². The summed E-state index contributed by atoms with van der Waals surface area (Å²) in [5.74, 6) is 0.900. The molecular weight excluding hydrogens is 423 g/mol. The van der Waals surface area contributed by atoms with Crippen LogP contribution in [0.25, 0.3) is 0 Å². The summed E-state index contributed by atoms with van der Waals surface area (Å²) in [6.07, 6.45) is 0. The second-order valence-electron chi connectivity index (χ2n) is 6.54. The van der Waals surface area contributed by atoms with Gasteiger partial charge in [-0.2, -0.15) is 0 Å². The molecule has 0 aliphatic heterocycles. The molecule has 0 aliphatic carbocycles. The first kappa shape index (κ1) is 21.9. The Labute approximate surface area is 186 Å². The van der Waals surface area contributed by atoms with Crippen LogP contribution in [0.4, 0.5) is 10.1 Å². The molecule has 3 rings (SSSR count). The van der Waals surface area contributed by atoms with Crippen molar-refractivity contribution < 1.29 is 13.9 Å². The fourth-order valence-electron chi connectivity index (χ4n) is 2.98. The number of hydrogen-bond donors (Lipinski definition) is 1. The maximum absolute atomic E-state index is 14.4. The Kier molecular flexibility index (Phi) is 7.49. The first-order valence-corrected chi connectivity index (χ1v) is 10.0. The Balaban J connectivity index is 1.90. The van der Waals surface area contributed by atoms with E-state index in [-0.39, 0.29) is 12.4 Å². The van der Waals surface area contributed by atoms with Crippen molar-refractivity contribution in [3.63, 3.8) is 0 Å². The molecule has 0 fully saturated rings. The van der Waals surface area contributed by atoms with E-state index >= 15 is 0 Å². The summed E-state index contributed by atoms with van der Waals surface area (Å²) >= 11 is 11.9. The van der Waals surface area contributed by atoms with Crippen molar-refractivity contribution >= 4 is 34.6 Å². The van der Waals surface area contributed by atoms with Crippen molar-refractivity contribution in [1.82, 2.24) is 4.90 Å². The first-order valence-electron chi connectivity index (χ1n) is 9.26. The molecule has 4 nitrogen and oxygen atoms in total. The molecule has 0 aliphatic rings. The molecule has 0 saturated carbocycles. The molecule has 0 bridgehead atoms. The Morgan fingerprint density at radius 1 is 1.00 bits per heavy atom. The average molecular weight is 445 g/mol. The number of halogens is 2. The van der Waals surface area contributed by atoms with Gasteiger partial charge in [0.2, 0.25) is 0 Å². The molecule has 0 atom stereocenters. The second kappa shape index (κ2) is 10.3. The minimum Gasteiger partial charge on any atom is -0.497 e. The molecule has 0 saturated heterocycles. The van der Waals surface area contributed by atoms with E-state index in [1.165, 1.54) is 6.07 Å². The molecule has 7 heteroatoms. The molecule has 0 unspecified atom stereocenters. The van der Waals surface area contributed by atoms with E-state index in [0.29, 0.717) is 39.4 Å². The summed E-state index contributed by atoms with van der Waals surface area (Å²) in [5.41, 5.74) is 2.07. The number of anilines is 1. The van der Waals surface area contributed by atoms with Crippen molar-refractivity contribution in [3.05, 3.63) is 88.7 Å². The Morgan fingerprint density at radius 2 is 1.77 bits per heavy atom. The lowest BCUT2D eigenvalue weighted by Gasteiger charge is -2.27.